The molecule has 0 bridgehead atoms. The molecule has 0 atom stereocenters. The highest BCUT2D eigenvalue weighted by atomic mass is 16.2. The summed E-state index contributed by atoms with van der Waals surface area (Å²) in [6, 6.07) is 12.0. The van der Waals surface area contributed by atoms with Gasteiger partial charge in [0.1, 0.15) is 5.69 Å². The van der Waals surface area contributed by atoms with Crippen molar-refractivity contribution in [3.63, 3.8) is 0 Å². The highest BCUT2D eigenvalue weighted by Crippen LogP contribution is 2.24. The first-order chi connectivity index (χ1) is 12.1. The first kappa shape index (κ1) is 17.5. The van der Waals surface area contributed by atoms with E-state index in [4.69, 9.17) is 0 Å². The predicted molar refractivity (Wildman–Crippen MR) is 103 cm³/mol. The van der Waals surface area contributed by atoms with Crippen LogP contribution in [0.2, 0.25) is 0 Å². The lowest BCUT2D eigenvalue weighted by atomic mass is 9.99. The van der Waals surface area contributed by atoms with Crippen molar-refractivity contribution in [2.24, 2.45) is 5.92 Å². The lowest BCUT2D eigenvalue weighted by molar-refractivity contribution is 0.0983. The van der Waals surface area contributed by atoms with E-state index in [0.717, 1.165) is 35.9 Å². The van der Waals surface area contributed by atoms with Crippen molar-refractivity contribution in [2.75, 3.05) is 29.4 Å². The molecule has 0 aliphatic carbocycles. The second kappa shape index (κ2) is 7.68. The molecule has 0 radical (unpaired) electrons. The molecule has 25 heavy (non-hydrogen) atoms. The van der Waals surface area contributed by atoms with Crippen molar-refractivity contribution in [1.29, 1.82) is 0 Å². The Bertz CT molecular complexity index is 735. The smallest absolute Gasteiger partial charge is 0.276 e. The predicted octanol–water partition coefficient (Wildman–Crippen LogP) is 4.29. The summed E-state index contributed by atoms with van der Waals surface area (Å²) in [5, 5.41) is 0. The molecule has 2 heterocycles. The van der Waals surface area contributed by atoms with E-state index in [9.17, 15) is 4.79 Å². The first-order valence-corrected chi connectivity index (χ1v) is 9.18. The third-order valence-corrected chi connectivity index (χ3v) is 4.99. The summed E-state index contributed by atoms with van der Waals surface area (Å²) in [6.07, 6.45) is 4.16. The average molecular weight is 337 g/mol. The van der Waals surface area contributed by atoms with E-state index < -0.39 is 0 Å². The number of amides is 1. The minimum absolute atomic E-state index is 0.0414. The molecule has 0 N–H and O–H groups in total. The second-order valence-electron chi connectivity index (χ2n) is 6.96. The average Bonchev–Trinajstić information content (AvgIpc) is 2.63. The van der Waals surface area contributed by atoms with E-state index in [2.05, 4.69) is 16.8 Å². The highest BCUT2D eigenvalue weighted by molar-refractivity contribution is 6.05. The lowest BCUT2D eigenvalue weighted by Crippen LogP contribution is -2.34. The van der Waals surface area contributed by atoms with Gasteiger partial charge in [0, 0.05) is 37.2 Å². The number of aromatic nitrogens is 1. The summed E-state index contributed by atoms with van der Waals surface area (Å²) in [7, 11) is 0. The number of piperidine rings is 1. The second-order valence-corrected chi connectivity index (χ2v) is 6.96. The van der Waals surface area contributed by atoms with E-state index in [1.54, 1.807) is 11.1 Å². The fourth-order valence-corrected chi connectivity index (χ4v) is 3.38. The van der Waals surface area contributed by atoms with Gasteiger partial charge in [0.05, 0.1) is 0 Å². The molecule has 1 aliphatic rings. The number of nitrogens with zero attached hydrogens (tertiary/aromatic N) is 3. The largest absolute Gasteiger partial charge is 0.371 e. The fourth-order valence-electron chi connectivity index (χ4n) is 3.38. The Balaban J connectivity index is 1.83. The van der Waals surface area contributed by atoms with Crippen molar-refractivity contribution in [1.82, 2.24) is 4.98 Å². The van der Waals surface area contributed by atoms with Crippen molar-refractivity contribution < 1.29 is 4.79 Å². The normalized spacial score (nSPS) is 15.2. The Morgan fingerprint density at radius 3 is 2.68 bits per heavy atom. The van der Waals surface area contributed by atoms with Crippen LogP contribution in [0.15, 0.2) is 42.6 Å². The molecule has 1 fully saturated rings. The summed E-state index contributed by atoms with van der Waals surface area (Å²) in [5.74, 6) is 0.747. The number of rotatable bonds is 4. The zero-order valence-electron chi connectivity index (χ0n) is 15.4. The van der Waals surface area contributed by atoms with Gasteiger partial charge < -0.3 is 9.80 Å². The van der Waals surface area contributed by atoms with E-state index in [-0.39, 0.29) is 5.91 Å². The van der Waals surface area contributed by atoms with E-state index >= 15 is 0 Å². The van der Waals surface area contributed by atoms with Crippen LogP contribution in [-0.2, 0) is 0 Å². The van der Waals surface area contributed by atoms with Gasteiger partial charge in [0.2, 0.25) is 0 Å². The molecule has 132 valence electrons. The molecule has 1 aromatic carbocycles. The van der Waals surface area contributed by atoms with Gasteiger partial charge in [0.15, 0.2) is 0 Å². The van der Waals surface area contributed by atoms with Crippen LogP contribution in [0, 0.1) is 12.8 Å². The molecule has 0 saturated carbocycles. The number of benzene rings is 1. The van der Waals surface area contributed by atoms with Crippen LogP contribution in [-0.4, -0.2) is 30.5 Å². The minimum Gasteiger partial charge on any atom is -0.371 e. The Kier molecular flexibility index (Phi) is 5.37. The van der Waals surface area contributed by atoms with Gasteiger partial charge in [-0.25, -0.2) is 0 Å². The molecule has 4 nitrogen and oxygen atoms in total. The molecular formula is C21H27N3O. The zero-order chi connectivity index (χ0) is 17.8. The van der Waals surface area contributed by atoms with Crippen LogP contribution in [0.4, 0.5) is 11.4 Å². The molecule has 1 aromatic heterocycles. The number of hydrogen-bond acceptors (Lipinski definition) is 3. The van der Waals surface area contributed by atoms with Crippen LogP contribution in [0.1, 0.15) is 42.7 Å². The van der Waals surface area contributed by atoms with Gasteiger partial charge in [-0.1, -0.05) is 19.1 Å². The summed E-state index contributed by atoms with van der Waals surface area (Å²) >= 11 is 0. The number of pyridine rings is 1. The van der Waals surface area contributed by atoms with Gasteiger partial charge in [-0.05, 0) is 62.4 Å². The van der Waals surface area contributed by atoms with E-state index in [1.165, 1.54) is 12.8 Å². The van der Waals surface area contributed by atoms with Crippen LogP contribution < -0.4 is 9.80 Å². The topological polar surface area (TPSA) is 36.4 Å². The van der Waals surface area contributed by atoms with Crippen molar-refractivity contribution in [3.8, 4) is 0 Å². The van der Waals surface area contributed by atoms with Crippen molar-refractivity contribution >= 4 is 17.3 Å². The van der Waals surface area contributed by atoms with Gasteiger partial charge in [-0.15, -0.1) is 0 Å². The number of carbonyl (C=O) groups excluding carboxylic acids is 1. The molecule has 1 amide bonds. The van der Waals surface area contributed by atoms with Gasteiger partial charge in [-0.3, -0.25) is 9.78 Å². The highest BCUT2D eigenvalue weighted by Gasteiger charge is 2.20. The van der Waals surface area contributed by atoms with Crippen LogP contribution in [0.25, 0.3) is 0 Å². The molecule has 0 spiro atoms. The van der Waals surface area contributed by atoms with Crippen molar-refractivity contribution in [3.05, 3.63) is 53.9 Å². The summed E-state index contributed by atoms with van der Waals surface area (Å²) < 4.78 is 0. The van der Waals surface area contributed by atoms with E-state index in [0.29, 0.717) is 12.2 Å². The number of carbonyl (C=O) groups is 1. The molecular weight excluding hydrogens is 310 g/mol. The first-order valence-electron chi connectivity index (χ1n) is 9.18. The van der Waals surface area contributed by atoms with Crippen LogP contribution >= 0.6 is 0 Å². The van der Waals surface area contributed by atoms with Gasteiger partial charge in [-0.2, -0.15) is 0 Å². The Morgan fingerprint density at radius 1 is 1.24 bits per heavy atom. The summed E-state index contributed by atoms with van der Waals surface area (Å²) in [4.78, 5) is 21.5. The number of anilines is 2. The minimum atomic E-state index is -0.0414. The standard InChI is InChI=1S/C21H27N3O/c1-4-24(19-7-5-6-17(3)14-19)21(25)20-15-18(8-11-22-20)23-12-9-16(2)10-13-23/h5-8,11,14-16H,4,9-10,12-13H2,1-3H3. The summed E-state index contributed by atoms with van der Waals surface area (Å²) in [5.41, 5.74) is 3.68. The molecule has 1 aliphatic heterocycles. The SMILES string of the molecule is CCN(C(=O)c1cc(N2CCC(C)CC2)ccn1)c1cccc(C)c1. The molecule has 0 unspecified atom stereocenters. The zero-order valence-corrected chi connectivity index (χ0v) is 15.4. The Labute approximate surface area is 150 Å². The third kappa shape index (κ3) is 4.01. The van der Waals surface area contributed by atoms with Gasteiger partial charge >= 0.3 is 0 Å². The maximum Gasteiger partial charge on any atom is 0.276 e. The van der Waals surface area contributed by atoms with Crippen molar-refractivity contribution in [2.45, 2.75) is 33.6 Å². The van der Waals surface area contributed by atoms with Crippen LogP contribution in [0.5, 0.6) is 0 Å². The maximum atomic E-state index is 13.0. The third-order valence-electron chi connectivity index (χ3n) is 4.99. The maximum absolute atomic E-state index is 13.0. The molecule has 4 heteroatoms. The Hall–Kier alpha value is -2.36. The number of hydrogen-bond donors (Lipinski definition) is 0. The molecule has 2 aromatic rings. The fraction of sp³-hybridized carbons (Fsp3) is 0.429. The lowest BCUT2D eigenvalue weighted by Gasteiger charge is -2.32. The van der Waals surface area contributed by atoms with Gasteiger partial charge in [0.25, 0.3) is 5.91 Å². The monoisotopic (exact) mass is 337 g/mol. The quantitative estimate of drug-likeness (QED) is 0.835. The number of aryl methyl sites for hydroxylation is 1. The Morgan fingerprint density at radius 2 is 2.00 bits per heavy atom. The van der Waals surface area contributed by atoms with Crippen LogP contribution in [0.3, 0.4) is 0 Å². The van der Waals surface area contributed by atoms with E-state index in [1.807, 2.05) is 50.2 Å². The summed E-state index contributed by atoms with van der Waals surface area (Å²) in [6.45, 7) is 9.06. The molecule has 3 rings (SSSR count). The molecule has 1 saturated heterocycles.